The van der Waals surface area contributed by atoms with E-state index >= 15 is 0 Å². The number of hydrogen-bond acceptors (Lipinski definition) is 3. The van der Waals surface area contributed by atoms with Crippen LogP contribution in [0.1, 0.15) is 0 Å². The van der Waals surface area contributed by atoms with E-state index in [0.717, 1.165) is 5.69 Å². The maximum absolute atomic E-state index is 8.84. The maximum atomic E-state index is 8.84. The van der Waals surface area contributed by atoms with Gasteiger partial charge in [-0.3, -0.25) is 0 Å². The lowest BCUT2D eigenvalue weighted by atomic mass is 10.3. The predicted octanol–water partition coefficient (Wildman–Crippen LogP) is 1.88. The lowest BCUT2D eigenvalue weighted by Crippen LogP contribution is -2.07. The monoisotopic (exact) mass is 194 g/mol. The van der Waals surface area contributed by atoms with Gasteiger partial charge in [-0.15, -0.1) is 17.4 Å². The first-order valence-electron chi connectivity index (χ1n) is 2.73. The van der Waals surface area contributed by atoms with Crippen molar-refractivity contribution in [2.45, 2.75) is 0 Å². The van der Waals surface area contributed by atoms with Crippen molar-refractivity contribution in [1.29, 1.82) is 0 Å². The summed E-state index contributed by atoms with van der Waals surface area (Å²) in [7, 11) is 0. The van der Waals surface area contributed by atoms with Crippen molar-refractivity contribution in [3.05, 3.63) is 24.3 Å². The number of phenolic OH excluding ortho intramolecular Hbond substituents is 1. The van der Waals surface area contributed by atoms with E-state index in [2.05, 4.69) is 10.4 Å². The number of hydrazine groups is 1. The van der Waals surface area contributed by atoms with Gasteiger partial charge in [-0.2, -0.15) is 0 Å². The number of rotatable bonds is 2. The second kappa shape index (κ2) is 5.07. The van der Waals surface area contributed by atoms with Crippen LogP contribution in [0.5, 0.6) is 5.75 Å². The summed E-state index contributed by atoms with van der Waals surface area (Å²) in [5.74, 6) is 0.236. The first-order valence-corrected chi connectivity index (χ1v) is 3.11. The number of halogens is 2. The highest BCUT2D eigenvalue weighted by Crippen LogP contribution is 2.12. The average Bonchev–Trinajstić information content (AvgIpc) is 1.95. The van der Waals surface area contributed by atoms with Gasteiger partial charge in [0.2, 0.25) is 0 Å². The molecule has 0 saturated heterocycles. The van der Waals surface area contributed by atoms with Crippen LogP contribution in [0, 0.1) is 0 Å². The molecule has 1 rings (SSSR count). The molecule has 0 aliphatic carbocycles. The number of anilines is 1. The normalized spacial score (nSPS) is 8.45. The predicted molar refractivity (Wildman–Crippen MR) is 48.0 cm³/mol. The standard InChI is InChI=1S/C6H7ClN2O.ClH/c7-9-8-5-1-3-6(10)4-2-5;/h1-4,8-10H;1H. The molecule has 5 heteroatoms. The molecule has 0 spiro atoms. The highest BCUT2D eigenvalue weighted by atomic mass is 35.5. The Hall–Kier alpha value is -0.640. The molecule has 0 aliphatic rings. The number of aromatic hydroxyl groups is 1. The van der Waals surface area contributed by atoms with Crippen LogP contribution < -0.4 is 10.4 Å². The molecule has 0 atom stereocenters. The van der Waals surface area contributed by atoms with Crippen molar-refractivity contribution in [3.63, 3.8) is 0 Å². The maximum Gasteiger partial charge on any atom is 0.115 e. The van der Waals surface area contributed by atoms with Gasteiger partial charge in [0, 0.05) is 0 Å². The van der Waals surface area contributed by atoms with E-state index in [0.29, 0.717) is 0 Å². The van der Waals surface area contributed by atoms with Crippen LogP contribution in [0.25, 0.3) is 0 Å². The molecule has 1 aromatic rings. The number of hydrogen-bond donors (Lipinski definition) is 3. The zero-order chi connectivity index (χ0) is 7.40. The van der Waals surface area contributed by atoms with Gasteiger partial charge >= 0.3 is 0 Å². The molecule has 0 bridgehead atoms. The Balaban J connectivity index is 0.000001000. The summed E-state index contributed by atoms with van der Waals surface area (Å²) in [6.07, 6.45) is 0. The fourth-order valence-electron chi connectivity index (χ4n) is 0.599. The first kappa shape index (κ1) is 10.4. The van der Waals surface area contributed by atoms with Gasteiger partial charge in [0.1, 0.15) is 5.75 Å². The zero-order valence-corrected chi connectivity index (χ0v) is 7.12. The fourth-order valence-corrected chi connectivity index (χ4v) is 0.708. The summed E-state index contributed by atoms with van der Waals surface area (Å²) in [4.78, 5) is 2.24. The van der Waals surface area contributed by atoms with E-state index in [1.807, 2.05) is 0 Å². The summed E-state index contributed by atoms with van der Waals surface area (Å²) in [5.41, 5.74) is 3.44. The third-order valence-corrected chi connectivity index (χ3v) is 1.15. The van der Waals surface area contributed by atoms with E-state index in [-0.39, 0.29) is 18.2 Å². The highest BCUT2D eigenvalue weighted by Gasteiger charge is 1.88. The lowest BCUT2D eigenvalue weighted by Gasteiger charge is -2.00. The van der Waals surface area contributed by atoms with Crippen molar-refractivity contribution < 1.29 is 5.11 Å². The molecule has 0 radical (unpaired) electrons. The Morgan fingerprint density at radius 2 is 1.73 bits per heavy atom. The van der Waals surface area contributed by atoms with Crippen molar-refractivity contribution in [2.24, 2.45) is 0 Å². The van der Waals surface area contributed by atoms with Gasteiger partial charge in [-0.25, -0.2) is 0 Å². The topological polar surface area (TPSA) is 44.3 Å². The summed E-state index contributed by atoms with van der Waals surface area (Å²) in [6.45, 7) is 0. The molecule has 3 N–H and O–H groups in total. The number of benzene rings is 1. The average molecular weight is 195 g/mol. The molecule has 1 aromatic carbocycles. The molecule has 3 nitrogen and oxygen atoms in total. The molecular weight excluding hydrogens is 187 g/mol. The zero-order valence-electron chi connectivity index (χ0n) is 5.54. The van der Waals surface area contributed by atoms with Crippen LogP contribution in [-0.4, -0.2) is 5.11 Å². The van der Waals surface area contributed by atoms with Gasteiger partial charge in [0.15, 0.2) is 0 Å². The molecule has 0 amide bonds. The molecule has 0 aromatic heterocycles. The molecule has 0 heterocycles. The van der Waals surface area contributed by atoms with Gasteiger partial charge in [0.05, 0.1) is 5.69 Å². The minimum atomic E-state index is 0. The van der Waals surface area contributed by atoms with Gasteiger partial charge in [-0.05, 0) is 36.0 Å². The van der Waals surface area contributed by atoms with Crippen LogP contribution in [-0.2, 0) is 0 Å². The van der Waals surface area contributed by atoms with E-state index in [9.17, 15) is 0 Å². The Labute approximate surface area is 75.9 Å². The summed E-state index contributed by atoms with van der Waals surface area (Å²) >= 11 is 5.15. The van der Waals surface area contributed by atoms with Crippen LogP contribution in [0.2, 0.25) is 0 Å². The van der Waals surface area contributed by atoms with Crippen LogP contribution >= 0.6 is 24.2 Å². The van der Waals surface area contributed by atoms with Crippen LogP contribution in [0.3, 0.4) is 0 Å². The molecule has 11 heavy (non-hydrogen) atoms. The summed E-state index contributed by atoms with van der Waals surface area (Å²) in [5, 5.41) is 8.84. The van der Waals surface area contributed by atoms with Crippen molar-refractivity contribution in [3.8, 4) is 5.75 Å². The Morgan fingerprint density at radius 3 is 2.18 bits per heavy atom. The molecule has 0 aliphatic heterocycles. The van der Waals surface area contributed by atoms with Crippen molar-refractivity contribution in [2.75, 3.05) is 5.43 Å². The third-order valence-electron chi connectivity index (χ3n) is 1.06. The second-order valence-corrected chi connectivity index (χ2v) is 1.96. The van der Waals surface area contributed by atoms with Crippen LogP contribution in [0.4, 0.5) is 5.69 Å². The molecule has 62 valence electrons. The Bertz CT molecular complexity index is 202. The van der Waals surface area contributed by atoms with Crippen LogP contribution in [0.15, 0.2) is 24.3 Å². The molecule has 0 fully saturated rings. The minimum absolute atomic E-state index is 0. The Kier molecular flexibility index (Phi) is 4.77. The van der Waals surface area contributed by atoms with E-state index < -0.39 is 0 Å². The van der Waals surface area contributed by atoms with Gasteiger partial charge in [-0.1, -0.05) is 0 Å². The first-order chi connectivity index (χ1) is 4.83. The summed E-state index contributed by atoms with van der Waals surface area (Å²) in [6, 6.07) is 6.53. The minimum Gasteiger partial charge on any atom is -0.508 e. The molecule has 0 unspecified atom stereocenters. The number of phenols is 1. The SMILES string of the molecule is Cl.Oc1ccc(NNCl)cc1. The molecular formula is C6H8Cl2N2O. The van der Waals surface area contributed by atoms with Gasteiger partial charge < -0.3 is 10.5 Å². The molecule has 0 saturated carbocycles. The fraction of sp³-hybridized carbons (Fsp3) is 0. The van der Waals surface area contributed by atoms with Crippen molar-refractivity contribution in [1.82, 2.24) is 4.94 Å². The quantitative estimate of drug-likeness (QED) is 0.383. The lowest BCUT2D eigenvalue weighted by molar-refractivity contribution is 0.475. The Morgan fingerprint density at radius 1 is 1.18 bits per heavy atom. The third kappa shape index (κ3) is 3.32. The van der Waals surface area contributed by atoms with Crippen molar-refractivity contribution >= 4 is 29.9 Å². The van der Waals surface area contributed by atoms with E-state index in [4.69, 9.17) is 16.9 Å². The van der Waals surface area contributed by atoms with Gasteiger partial charge in [0.25, 0.3) is 0 Å². The number of nitrogens with one attached hydrogen (secondary N) is 2. The van der Waals surface area contributed by atoms with E-state index in [1.54, 1.807) is 24.3 Å². The summed E-state index contributed by atoms with van der Waals surface area (Å²) < 4.78 is 0. The largest absolute Gasteiger partial charge is 0.508 e. The second-order valence-electron chi connectivity index (χ2n) is 1.77. The highest BCUT2D eigenvalue weighted by molar-refractivity contribution is 6.13. The van der Waals surface area contributed by atoms with E-state index in [1.165, 1.54) is 0 Å². The smallest absolute Gasteiger partial charge is 0.115 e.